The van der Waals surface area contributed by atoms with Crippen LogP contribution in [0.2, 0.25) is 0 Å². The number of carbonyl (C=O) groups is 5. The molecule has 4 unspecified atom stereocenters. The lowest BCUT2D eigenvalue weighted by atomic mass is 10.1. The second-order valence-corrected chi connectivity index (χ2v) is 6.77. The summed E-state index contributed by atoms with van der Waals surface area (Å²) in [5, 5.41) is 25.1. The molecule has 30 heavy (non-hydrogen) atoms. The van der Waals surface area contributed by atoms with Crippen LogP contribution in [0, 0.1) is 0 Å². The van der Waals surface area contributed by atoms with Crippen LogP contribution in [0.15, 0.2) is 0 Å². The van der Waals surface area contributed by atoms with E-state index in [0.717, 1.165) is 0 Å². The summed E-state index contributed by atoms with van der Waals surface area (Å²) in [6, 6.07) is -4.72. The van der Waals surface area contributed by atoms with E-state index in [-0.39, 0.29) is 19.3 Å². The van der Waals surface area contributed by atoms with Gasteiger partial charge in [-0.15, -0.1) is 0 Å². The molecule has 0 saturated heterocycles. The van der Waals surface area contributed by atoms with Crippen molar-refractivity contribution in [2.45, 2.75) is 63.2 Å². The van der Waals surface area contributed by atoms with Gasteiger partial charge in [-0.1, -0.05) is 0 Å². The van der Waals surface area contributed by atoms with Gasteiger partial charge in [-0.05, 0) is 39.2 Å². The van der Waals surface area contributed by atoms with E-state index in [1.54, 1.807) is 0 Å². The van der Waals surface area contributed by atoms with Crippen molar-refractivity contribution in [1.29, 1.82) is 0 Å². The number of hydrogen-bond donors (Lipinski definition) is 8. The number of hydrogen-bond acceptors (Lipinski definition) is 8. The van der Waals surface area contributed by atoms with E-state index in [0.29, 0.717) is 19.4 Å². The van der Waals surface area contributed by atoms with Crippen LogP contribution < -0.4 is 33.2 Å². The van der Waals surface area contributed by atoms with Gasteiger partial charge in [-0.3, -0.25) is 19.2 Å². The first kappa shape index (κ1) is 27.2. The molecular weight excluding hydrogens is 400 g/mol. The van der Waals surface area contributed by atoms with Gasteiger partial charge in [0.25, 0.3) is 0 Å². The van der Waals surface area contributed by atoms with Crippen molar-refractivity contribution in [3.05, 3.63) is 0 Å². The maximum atomic E-state index is 12.5. The molecule has 13 heteroatoms. The van der Waals surface area contributed by atoms with Crippen molar-refractivity contribution in [1.82, 2.24) is 16.0 Å². The van der Waals surface area contributed by atoms with Crippen LogP contribution in [-0.4, -0.2) is 77.1 Å². The summed E-state index contributed by atoms with van der Waals surface area (Å²) in [6.45, 7) is 1.11. The third-order valence-corrected chi connectivity index (χ3v) is 4.16. The Hall–Kier alpha value is -2.77. The van der Waals surface area contributed by atoms with E-state index in [9.17, 15) is 24.0 Å². The van der Waals surface area contributed by atoms with Crippen LogP contribution >= 0.6 is 0 Å². The summed E-state index contributed by atoms with van der Waals surface area (Å²) in [6.07, 6.45) is 0.893. The van der Waals surface area contributed by atoms with Gasteiger partial charge >= 0.3 is 5.97 Å². The van der Waals surface area contributed by atoms with E-state index in [1.807, 2.05) is 0 Å². The number of amides is 4. The zero-order valence-electron chi connectivity index (χ0n) is 16.9. The summed E-state index contributed by atoms with van der Waals surface area (Å²) < 4.78 is 0. The average Bonchev–Trinajstić information content (AvgIpc) is 2.68. The van der Waals surface area contributed by atoms with Crippen LogP contribution in [-0.2, 0) is 24.0 Å². The molecule has 13 nitrogen and oxygen atoms in total. The number of carboxylic acid groups (broad SMARTS) is 1. The lowest BCUT2D eigenvalue weighted by Crippen LogP contribution is -2.56. The van der Waals surface area contributed by atoms with Crippen molar-refractivity contribution >= 4 is 29.6 Å². The van der Waals surface area contributed by atoms with E-state index in [2.05, 4.69) is 16.0 Å². The van der Waals surface area contributed by atoms with Crippen molar-refractivity contribution in [2.24, 2.45) is 17.2 Å². The molecule has 0 aromatic carbocycles. The first-order chi connectivity index (χ1) is 14.0. The number of primary amides is 1. The summed E-state index contributed by atoms with van der Waals surface area (Å²) >= 11 is 0. The molecule has 0 aromatic heterocycles. The number of aliphatic carboxylic acids is 1. The first-order valence-corrected chi connectivity index (χ1v) is 9.52. The third-order valence-electron chi connectivity index (χ3n) is 4.16. The lowest BCUT2D eigenvalue weighted by Gasteiger charge is -2.23. The molecular formula is C17H32N6O7. The minimum Gasteiger partial charge on any atom is -0.480 e. The number of nitrogens with one attached hydrogen (secondary N) is 3. The molecule has 0 aliphatic rings. The molecule has 172 valence electrons. The molecule has 0 aliphatic heterocycles. The fourth-order valence-corrected chi connectivity index (χ4v) is 2.34. The second kappa shape index (κ2) is 14.3. The Morgan fingerprint density at radius 1 is 0.900 bits per heavy atom. The quantitative estimate of drug-likeness (QED) is 0.118. The van der Waals surface area contributed by atoms with Crippen molar-refractivity contribution in [3.8, 4) is 0 Å². The Balaban J connectivity index is 4.99. The predicted octanol–water partition coefficient (Wildman–Crippen LogP) is -3.74. The molecule has 0 rings (SSSR count). The van der Waals surface area contributed by atoms with Crippen LogP contribution in [0.1, 0.15) is 39.0 Å². The lowest BCUT2D eigenvalue weighted by molar-refractivity contribution is -0.142. The molecule has 0 saturated carbocycles. The molecule has 4 atom stereocenters. The highest BCUT2D eigenvalue weighted by molar-refractivity contribution is 5.94. The molecule has 0 radical (unpaired) electrons. The van der Waals surface area contributed by atoms with E-state index < -0.39 is 60.4 Å². The molecule has 4 amide bonds. The number of carboxylic acids is 1. The number of aliphatic hydroxyl groups excluding tert-OH is 1. The third kappa shape index (κ3) is 10.7. The normalized spacial score (nSPS) is 14.7. The maximum absolute atomic E-state index is 12.5. The minimum absolute atomic E-state index is 0.201. The Kier molecular flexibility index (Phi) is 12.9. The monoisotopic (exact) mass is 432 g/mol. The second-order valence-electron chi connectivity index (χ2n) is 6.77. The van der Waals surface area contributed by atoms with Gasteiger partial charge in [0.2, 0.25) is 23.6 Å². The molecule has 0 spiro atoms. The molecule has 0 bridgehead atoms. The standard InChI is InChI=1S/C17H32N6O7/c1-9(14(26)23-12(17(29)30)5-6-13(20)25)21-16(28)11(4-2-3-7-18)22-15(27)10(19)8-24/h9-12,24H,2-8,18-19H2,1H3,(H2,20,25)(H,21,28)(H,22,27)(H,23,26)(H,29,30). The smallest absolute Gasteiger partial charge is 0.326 e. The zero-order valence-corrected chi connectivity index (χ0v) is 16.9. The topological polar surface area (TPSA) is 240 Å². The minimum atomic E-state index is -1.35. The highest BCUT2D eigenvalue weighted by atomic mass is 16.4. The fraction of sp³-hybridized carbons (Fsp3) is 0.706. The number of carbonyl (C=O) groups excluding carboxylic acids is 4. The van der Waals surface area contributed by atoms with Crippen LogP contribution in [0.4, 0.5) is 0 Å². The molecule has 0 fully saturated rings. The Labute approximate surface area is 174 Å². The number of rotatable bonds is 15. The number of aliphatic hydroxyl groups is 1. The van der Waals surface area contributed by atoms with E-state index >= 15 is 0 Å². The van der Waals surface area contributed by atoms with Gasteiger partial charge in [-0.25, -0.2) is 4.79 Å². The highest BCUT2D eigenvalue weighted by Gasteiger charge is 2.28. The van der Waals surface area contributed by atoms with Gasteiger partial charge < -0.3 is 43.4 Å². The number of unbranched alkanes of at least 4 members (excludes halogenated alkanes) is 1. The number of nitrogens with two attached hydrogens (primary N) is 3. The molecule has 0 aromatic rings. The van der Waals surface area contributed by atoms with Crippen LogP contribution in [0.3, 0.4) is 0 Å². The Morgan fingerprint density at radius 3 is 2.00 bits per heavy atom. The molecule has 0 heterocycles. The average molecular weight is 432 g/mol. The van der Waals surface area contributed by atoms with Gasteiger partial charge in [-0.2, -0.15) is 0 Å². The fourth-order valence-electron chi connectivity index (χ4n) is 2.34. The Bertz CT molecular complexity index is 615. The van der Waals surface area contributed by atoms with E-state index in [4.69, 9.17) is 27.4 Å². The van der Waals surface area contributed by atoms with Gasteiger partial charge in [0.05, 0.1) is 6.61 Å². The molecule has 11 N–H and O–H groups in total. The Morgan fingerprint density at radius 2 is 1.50 bits per heavy atom. The van der Waals surface area contributed by atoms with Crippen LogP contribution in [0.5, 0.6) is 0 Å². The highest BCUT2D eigenvalue weighted by Crippen LogP contribution is 2.03. The SMILES string of the molecule is CC(NC(=O)C(CCCCN)NC(=O)C(N)CO)C(=O)NC(CCC(N)=O)C(=O)O. The van der Waals surface area contributed by atoms with Crippen molar-refractivity contribution in [2.75, 3.05) is 13.2 Å². The van der Waals surface area contributed by atoms with Gasteiger partial charge in [0.1, 0.15) is 24.2 Å². The van der Waals surface area contributed by atoms with E-state index in [1.165, 1.54) is 6.92 Å². The zero-order chi connectivity index (χ0) is 23.3. The molecule has 0 aliphatic carbocycles. The summed E-state index contributed by atoms with van der Waals surface area (Å²) in [4.78, 5) is 58.7. The van der Waals surface area contributed by atoms with Crippen molar-refractivity contribution < 1.29 is 34.2 Å². The van der Waals surface area contributed by atoms with Crippen LogP contribution in [0.25, 0.3) is 0 Å². The van der Waals surface area contributed by atoms with Gasteiger partial charge in [0.15, 0.2) is 0 Å². The summed E-state index contributed by atoms with van der Waals surface area (Å²) in [5.41, 5.74) is 15.8. The maximum Gasteiger partial charge on any atom is 0.326 e. The van der Waals surface area contributed by atoms with Gasteiger partial charge in [0, 0.05) is 6.42 Å². The summed E-state index contributed by atoms with van der Waals surface area (Å²) in [7, 11) is 0. The van der Waals surface area contributed by atoms with Crippen molar-refractivity contribution in [3.63, 3.8) is 0 Å². The predicted molar refractivity (Wildman–Crippen MR) is 105 cm³/mol. The largest absolute Gasteiger partial charge is 0.480 e. The summed E-state index contributed by atoms with van der Waals surface area (Å²) in [5.74, 6) is -4.28. The first-order valence-electron chi connectivity index (χ1n) is 9.52.